The third-order valence-corrected chi connectivity index (χ3v) is 4.57. The average molecular weight is 381 g/mol. The van der Waals surface area contributed by atoms with Crippen molar-refractivity contribution in [2.75, 3.05) is 38.8 Å². The van der Waals surface area contributed by atoms with Crippen LogP contribution in [0, 0.1) is 0 Å². The highest BCUT2D eigenvalue weighted by Crippen LogP contribution is 2.30. The first-order valence-electron chi connectivity index (χ1n) is 9.69. The SMILES string of the molecule is CCCOCCOc1ccc(-c2ccc3c(c2)C=C(C(=O)OC)CCN3)cc1. The number of carbonyl (C=O) groups excluding carboxylic acids is 1. The van der Waals surface area contributed by atoms with Crippen LogP contribution in [0.1, 0.15) is 25.3 Å². The number of hydrogen-bond acceptors (Lipinski definition) is 5. The molecule has 28 heavy (non-hydrogen) atoms. The Hall–Kier alpha value is -2.79. The zero-order chi connectivity index (χ0) is 19.8. The van der Waals surface area contributed by atoms with Crippen molar-refractivity contribution in [1.82, 2.24) is 0 Å². The molecule has 1 N–H and O–H groups in total. The molecule has 1 heterocycles. The number of benzene rings is 2. The van der Waals surface area contributed by atoms with Gasteiger partial charge in [-0.1, -0.05) is 25.1 Å². The molecule has 0 saturated heterocycles. The molecule has 2 aromatic carbocycles. The normalized spacial score (nSPS) is 13.0. The number of anilines is 1. The van der Waals surface area contributed by atoms with Gasteiger partial charge in [0.2, 0.25) is 0 Å². The van der Waals surface area contributed by atoms with Gasteiger partial charge < -0.3 is 19.5 Å². The minimum absolute atomic E-state index is 0.274. The van der Waals surface area contributed by atoms with Crippen LogP contribution in [-0.4, -0.2) is 39.4 Å². The van der Waals surface area contributed by atoms with Crippen LogP contribution in [0.2, 0.25) is 0 Å². The molecule has 0 fully saturated rings. The zero-order valence-electron chi connectivity index (χ0n) is 16.5. The van der Waals surface area contributed by atoms with Gasteiger partial charge in [0, 0.05) is 24.4 Å². The van der Waals surface area contributed by atoms with Crippen LogP contribution < -0.4 is 10.1 Å². The maximum absolute atomic E-state index is 11.9. The van der Waals surface area contributed by atoms with E-state index in [9.17, 15) is 4.79 Å². The lowest BCUT2D eigenvalue weighted by Gasteiger charge is -2.10. The zero-order valence-corrected chi connectivity index (χ0v) is 16.5. The molecule has 5 heteroatoms. The largest absolute Gasteiger partial charge is 0.491 e. The summed E-state index contributed by atoms with van der Waals surface area (Å²) < 4.78 is 16.0. The first-order valence-corrected chi connectivity index (χ1v) is 9.69. The quantitative estimate of drug-likeness (QED) is 0.538. The van der Waals surface area contributed by atoms with E-state index in [-0.39, 0.29) is 5.97 Å². The second-order valence-corrected chi connectivity index (χ2v) is 6.63. The van der Waals surface area contributed by atoms with Crippen molar-refractivity contribution < 1.29 is 19.0 Å². The fourth-order valence-electron chi connectivity index (χ4n) is 3.11. The van der Waals surface area contributed by atoms with Gasteiger partial charge in [-0.15, -0.1) is 0 Å². The predicted octanol–water partition coefficient (Wildman–Crippen LogP) is 4.53. The van der Waals surface area contributed by atoms with Crippen molar-refractivity contribution in [1.29, 1.82) is 0 Å². The van der Waals surface area contributed by atoms with E-state index in [4.69, 9.17) is 14.2 Å². The molecule has 1 aliphatic heterocycles. The summed E-state index contributed by atoms with van der Waals surface area (Å²) in [5, 5.41) is 3.37. The van der Waals surface area contributed by atoms with Crippen molar-refractivity contribution in [2.45, 2.75) is 19.8 Å². The number of rotatable bonds is 8. The molecular formula is C23H27NO4. The molecule has 2 aromatic rings. The number of hydrogen-bond donors (Lipinski definition) is 1. The Morgan fingerprint density at radius 2 is 1.82 bits per heavy atom. The predicted molar refractivity (Wildman–Crippen MR) is 112 cm³/mol. The van der Waals surface area contributed by atoms with Gasteiger partial charge in [0.25, 0.3) is 0 Å². The fourth-order valence-corrected chi connectivity index (χ4v) is 3.11. The van der Waals surface area contributed by atoms with Crippen LogP contribution in [0.5, 0.6) is 5.75 Å². The van der Waals surface area contributed by atoms with Crippen LogP contribution in [0.4, 0.5) is 5.69 Å². The van der Waals surface area contributed by atoms with Gasteiger partial charge in [0.15, 0.2) is 0 Å². The van der Waals surface area contributed by atoms with Crippen molar-refractivity contribution in [2.24, 2.45) is 0 Å². The van der Waals surface area contributed by atoms with Crippen molar-refractivity contribution in [3.05, 3.63) is 53.6 Å². The Bertz CT molecular complexity index is 827. The fraction of sp³-hybridized carbons (Fsp3) is 0.348. The Morgan fingerprint density at radius 1 is 1.04 bits per heavy atom. The van der Waals surface area contributed by atoms with Gasteiger partial charge in [-0.2, -0.15) is 0 Å². The second-order valence-electron chi connectivity index (χ2n) is 6.63. The van der Waals surface area contributed by atoms with Crippen molar-refractivity contribution in [3.63, 3.8) is 0 Å². The van der Waals surface area contributed by atoms with E-state index < -0.39 is 0 Å². The molecule has 0 radical (unpaired) electrons. The summed E-state index contributed by atoms with van der Waals surface area (Å²) >= 11 is 0. The lowest BCUT2D eigenvalue weighted by Crippen LogP contribution is -2.07. The number of carbonyl (C=O) groups is 1. The first kappa shape index (κ1) is 20.0. The third-order valence-electron chi connectivity index (χ3n) is 4.57. The lowest BCUT2D eigenvalue weighted by molar-refractivity contribution is -0.136. The Kier molecular flexibility index (Phi) is 7.09. The van der Waals surface area contributed by atoms with E-state index in [1.807, 2.05) is 30.3 Å². The average Bonchev–Trinajstić information content (AvgIpc) is 2.95. The minimum Gasteiger partial charge on any atom is -0.491 e. The molecule has 0 unspecified atom stereocenters. The summed E-state index contributed by atoms with van der Waals surface area (Å²) in [5.41, 5.74) is 4.87. The van der Waals surface area contributed by atoms with E-state index in [2.05, 4.69) is 30.4 Å². The first-order chi connectivity index (χ1) is 13.7. The topological polar surface area (TPSA) is 56.8 Å². The molecule has 0 aliphatic carbocycles. The molecule has 0 amide bonds. The lowest BCUT2D eigenvalue weighted by atomic mass is 10.0. The molecule has 0 spiro atoms. The van der Waals surface area contributed by atoms with Crippen LogP contribution in [-0.2, 0) is 14.3 Å². The molecule has 1 aliphatic rings. The summed E-state index contributed by atoms with van der Waals surface area (Å²) in [7, 11) is 1.42. The number of methoxy groups -OCH3 is 1. The van der Waals surface area contributed by atoms with Crippen molar-refractivity contribution in [3.8, 4) is 16.9 Å². The van der Waals surface area contributed by atoms with E-state index >= 15 is 0 Å². The maximum atomic E-state index is 11.9. The highest BCUT2D eigenvalue weighted by atomic mass is 16.5. The molecule has 3 rings (SSSR count). The van der Waals surface area contributed by atoms with Crippen LogP contribution >= 0.6 is 0 Å². The van der Waals surface area contributed by atoms with Crippen LogP contribution in [0.15, 0.2) is 48.0 Å². The minimum atomic E-state index is -0.274. The third kappa shape index (κ3) is 5.14. The maximum Gasteiger partial charge on any atom is 0.333 e. The number of esters is 1. The second kappa shape index (κ2) is 9.95. The number of ether oxygens (including phenoxy) is 3. The number of fused-ring (bicyclic) bond motifs is 1. The Labute approximate surface area is 166 Å². The van der Waals surface area contributed by atoms with Gasteiger partial charge >= 0.3 is 5.97 Å². The standard InChI is InChI=1S/C23H27NO4/c1-3-12-27-13-14-28-21-7-4-17(5-8-21)18-6-9-22-20(15-18)16-19(10-11-24-22)23(25)26-2/h4-9,15-16,24H,3,10-14H2,1-2H3. The van der Waals surface area contributed by atoms with Crippen molar-refractivity contribution >= 4 is 17.7 Å². The van der Waals surface area contributed by atoms with E-state index in [0.29, 0.717) is 31.8 Å². The summed E-state index contributed by atoms with van der Waals surface area (Å²) in [6.45, 7) is 4.71. The van der Waals surface area contributed by atoms with E-state index in [0.717, 1.165) is 41.2 Å². The van der Waals surface area contributed by atoms with Gasteiger partial charge in [-0.25, -0.2) is 4.79 Å². The van der Waals surface area contributed by atoms with E-state index in [1.54, 1.807) is 0 Å². The highest BCUT2D eigenvalue weighted by molar-refractivity contribution is 5.95. The molecule has 0 bridgehead atoms. The van der Waals surface area contributed by atoms with Gasteiger partial charge in [-0.05, 0) is 59.9 Å². The highest BCUT2D eigenvalue weighted by Gasteiger charge is 2.15. The van der Waals surface area contributed by atoms with E-state index in [1.165, 1.54) is 7.11 Å². The summed E-state index contributed by atoms with van der Waals surface area (Å²) in [6.07, 6.45) is 3.57. The molecule has 5 nitrogen and oxygen atoms in total. The summed E-state index contributed by atoms with van der Waals surface area (Å²) in [5.74, 6) is 0.553. The number of nitrogens with one attached hydrogen (secondary N) is 1. The molecule has 0 atom stereocenters. The van der Waals surface area contributed by atoms with Crippen LogP contribution in [0.3, 0.4) is 0 Å². The summed E-state index contributed by atoms with van der Waals surface area (Å²) in [6, 6.07) is 14.2. The molecule has 0 saturated carbocycles. The van der Waals surface area contributed by atoms with Crippen LogP contribution in [0.25, 0.3) is 17.2 Å². The molecule has 148 valence electrons. The van der Waals surface area contributed by atoms with Gasteiger partial charge in [0.1, 0.15) is 12.4 Å². The smallest absolute Gasteiger partial charge is 0.333 e. The summed E-state index contributed by atoms with van der Waals surface area (Å²) in [4.78, 5) is 11.9. The van der Waals surface area contributed by atoms with Gasteiger partial charge in [0.05, 0.1) is 13.7 Å². The molecular weight excluding hydrogens is 354 g/mol. The Balaban J connectivity index is 1.72. The Morgan fingerprint density at radius 3 is 2.57 bits per heavy atom. The monoisotopic (exact) mass is 381 g/mol. The molecule has 0 aromatic heterocycles. The van der Waals surface area contributed by atoms with Gasteiger partial charge in [-0.3, -0.25) is 0 Å².